The first kappa shape index (κ1) is 37.7. The van der Waals surface area contributed by atoms with E-state index < -0.39 is 0 Å². The molecule has 0 bridgehead atoms. The van der Waals surface area contributed by atoms with Crippen LogP contribution in [0.4, 0.5) is 0 Å². The summed E-state index contributed by atoms with van der Waals surface area (Å²) in [4.78, 5) is 0. The van der Waals surface area contributed by atoms with Crippen molar-refractivity contribution in [3.05, 3.63) is 131 Å². The van der Waals surface area contributed by atoms with Crippen molar-refractivity contribution in [3.8, 4) is 22.3 Å². The third kappa shape index (κ3) is 9.17. The van der Waals surface area contributed by atoms with Gasteiger partial charge in [0.15, 0.2) is 0 Å². The molecular weight excluding hydrogens is 648 g/mol. The molecule has 0 N–H and O–H groups in total. The van der Waals surface area contributed by atoms with Crippen LogP contribution in [0.25, 0.3) is 43.8 Å². The smallest absolute Gasteiger partial charge is 0.164 e. The Morgan fingerprint density at radius 1 is 0.522 bits per heavy atom. The van der Waals surface area contributed by atoms with Gasteiger partial charge in [-0.2, -0.15) is 12.1 Å². The van der Waals surface area contributed by atoms with Crippen molar-refractivity contribution in [3.63, 3.8) is 0 Å². The third-order valence-corrected chi connectivity index (χ3v) is 8.56. The quantitative estimate of drug-likeness (QED) is 0.127. The Morgan fingerprint density at radius 2 is 0.848 bits per heavy atom. The third-order valence-electron chi connectivity index (χ3n) is 8.56. The summed E-state index contributed by atoms with van der Waals surface area (Å²) in [6.07, 6.45) is 2.19. The van der Waals surface area contributed by atoms with E-state index in [9.17, 15) is 0 Å². The molecule has 0 aliphatic carbocycles. The van der Waals surface area contributed by atoms with Crippen LogP contribution in [0.3, 0.4) is 0 Å². The molecule has 0 amide bonds. The zero-order valence-corrected chi connectivity index (χ0v) is 33.3. The zero-order valence-electron chi connectivity index (χ0n) is 29.8. The van der Waals surface area contributed by atoms with E-state index in [2.05, 4.69) is 178 Å². The monoisotopic (exact) mass is 698 g/mol. The van der Waals surface area contributed by atoms with E-state index in [0.717, 1.165) is 22.4 Å². The molecule has 236 valence electrons. The molecular formula is C44H52SiZr. The van der Waals surface area contributed by atoms with E-state index >= 15 is 0 Å². The molecule has 2 radical (unpaired) electrons. The number of aryl methyl sites for hydroxylation is 2. The second-order valence-corrected chi connectivity index (χ2v) is 15.2. The average Bonchev–Trinajstić information content (AvgIpc) is 3.65. The summed E-state index contributed by atoms with van der Waals surface area (Å²) in [5.41, 5.74) is 11.3. The summed E-state index contributed by atoms with van der Waals surface area (Å²) in [6.45, 7) is 22.3. The minimum Gasteiger partial charge on any atom is -0.164 e. The van der Waals surface area contributed by atoms with Gasteiger partial charge in [0.25, 0.3) is 0 Å². The molecule has 0 heterocycles. The van der Waals surface area contributed by atoms with Gasteiger partial charge in [-0.25, -0.2) is 0 Å². The molecule has 0 saturated carbocycles. The normalized spacial score (nSPS) is 11.3. The molecule has 0 nitrogen and oxygen atoms in total. The van der Waals surface area contributed by atoms with E-state index in [1.807, 2.05) is 0 Å². The van der Waals surface area contributed by atoms with Gasteiger partial charge >= 0.3 is 26.2 Å². The molecule has 0 aromatic heterocycles. The van der Waals surface area contributed by atoms with Crippen LogP contribution in [0.2, 0.25) is 13.1 Å². The second kappa shape index (κ2) is 16.3. The molecule has 46 heavy (non-hydrogen) atoms. The summed E-state index contributed by atoms with van der Waals surface area (Å²) < 4.78 is 0. The standard InChI is InChI=1S/2C21H23.C2H6Si.Zr/c2*1-5-15-13-17-7-6-8-19(20(17)14-15)16-9-11-18(12-10-16)21(2,3)4;1-3-2;/h2*6-14H,5H2,1-4H3;1-2H3;/q2*-1;;+2. The van der Waals surface area contributed by atoms with Crippen LogP contribution in [0.1, 0.15) is 77.6 Å². The SMILES string of the molecule is CCc1cc2c(-c3ccc(C(C)(C)C)cc3)cccc2[cH-]1.CCc1cc2c(-c3ccc(C(C)(C)C)cc3)cccc2[cH-]1.C[Si]C.[Zr+2]. The van der Waals surface area contributed by atoms with E-state index in [4.69, 9.17) is 0 Å². The number of fused-ring (bicyclic) bond motifs is 2. The van der Waals surface area contributed by atoms with Crippen molar-refractivity contribution < 1.29 is 26.2 Å². The molecule has 6 aromatic carbocycles. The topological polar surface area (TPSA) is 0 Å². The number of rotatable bonds is 4. The van der Waals surface area contributed by atoms with E-state index in [1.54, 1.807) is 0 Å². The van der Waals surface area contributed by atoms with Crippen molar-refractivity contribution in [2.24, 2.45) is 0 Å². The van der Waals surface area contributed by atoms with Gasteiger partial charge in [-0.1, -0.05) is 140 Å². The van der Waals surface area contributed by atoms with Gasteiger partial charge in [0.1, 0.15) is 0 Å². The molecule has 0 aliphatic heterocycles. The molecule has 2 heteroatoms. The van der Waals surface area contributed by atoms with E-state index in [-0.39, 0.29) is 37.0 Å². The molecule has 6 aromatic rings. The largest absolute Gasteiger partial charge is 2.00 e. The van der Waals surface area contributed by atoms with Crippen molar-refractivity contribution >= 4 is 31.1 Å². The molecule has 0 unspecified atom stereocenters. The van der Waals surface area contributed by atoms with Gasteiger partial charge in [0.2, 0.25) is 0 Å². The van der Waals surface area contributed by atoms with E-state index in [1.165, 1.54) is 66.1 Å². The maximum absolute atomic E-state index is 2.34. The van der Waals surface area contributed by atoms with Crippen LogP contribution in [-0.2, 0) is 49.9 Å². The Bertz CT molecular complexity index is 1660. The van der Waals surface area contributed by atoms with Crippen molar-refractivity contribution in [2.45, 2.75) is 92.2 Å². The summed E-state index contributed by atoms with van der Waals surface area (Å²) >= 11 is 0. The van der Waals surface area contributed by atoms with Crippen LogP contribution in [-0.4, -0.2) is 9.52 Å². The maximum atomic E-state index is 2.34. The van der Waals surface area contributed by atoms with Crippen molar-refractivity contribution in [1.29, 1.82) is 0 Å². The predicted molar refractivity (Wildman–Crippen MR) is 204 cm³/mol. The number of benzene rings is 4. The zero-order chi connectivity index (χ0) is 32.8. The summed E-state index contributed by atoms with van der Waals surface area (Å²) in [5, 5.41) is 5.45. The van der Waals surface area contributed by atoms with Crippen LogP contribution in [0.5, 0.6) is 0 Å². The van der Waals surface area contributed by atoms with E-state index in [0.29, 0.717) is 0 Å². The minimum absolute atomic E-state index is 0. The Kier molecular flexibility index (Phi) is 13.4. The van der Waals surface area contributed by atoms with Crippen molar-refractivity contribution in [2.75, 3.05) is 0 Å². The fourth-order valence-corrected chi connectivity index (χ4v) is 5.80. The first-order valence-electron chi connectivity index (χ1n) is 16.6. The maximum Gasteiger partial charge on any atom is 2.00 e. The van der Waals surface area contributed by atoms with Crippen LogP contribution < -0.4 is 0 Å². The molecule has 0 aliphatic rings. The molecule has 0 saturated heterocycles. The first-order chi connectivity index (χ1) is 21.4. The number of hydrogen-bond donors (Lipinski definition) is 0. The first-order valence-corrected chi connectivity index (χ1v) is 18.6. The van der Waals surface area contributed by atoms with Gasteiger partial charge in [0, 0.05) is 9.52 Å². The minimum atomic E-state index is 0. The van der Waals surface area contributed by atoms with Gasteiger partial charge in [-0.15, -0.1) is 69.1 Å². The Labute approximate surface area is 301 Å². The van der Waals surface area contributed by atoms with Crippen LogP contribution >= 0.6 is 0 Å². The van der Waals surface area contributed by atoms with Crippen molar-refractivity contribution in [1.82, 2.24) is 0 Å². The summed E-state index contributed by atoms with van der Waals surface area (Å²) in [7, 11) is 1.08. The summed E-state index contributed by atoms with van der Waals surface area (Å²) in [6, 6.07) is 40.6. The van der Waals surface area contributed by atoms with Crippen LogP contribution in [0.15, 0.2) is 109 Å². The molecule has 0 fully saturated rings. The Balaban J connectivity index is 0.000000226. The number of hydrogen-bond acceptors (Lipinski definition) is 0. The van der Waals surface area contributed by atoms with Gasteiger partial charge in [0.05, 0.1) is 0 Å². The predicted octanol–water partition coefficient (Wildman–Crippen LogP) is 13.0. The van der Waals surface area contributed by atoms with Crippen LogP contribution in [0, 0.1) is 0 Å². The van der Waals surface area contributed by atoms with Gasteiger partial charge in [-0.3, -0.25) is 0 Å². The average molecular weight is 700 g/mol. The van der Waals surface area contributed by atoms with Gasteiger partial charge in [-0.05, 0) is 45.9 Å². The Morgan fingerprint density at radius 3 is 1.13 bits per heavy atom. The summed E-state index contributed by atoms with van der Waals surface area (Å²) in [5.74, 6) is 0. The Hall–Kier alpha value is -2.80. The fraction of sp³-hybridized carbons (Fsp3) is 0.318. The fourth-order valence-electron chi connectivity index (χ4n) is 5.80. The second-order valence-electron chi connectivity index (χ2n) is 14.2. The molecule has 0 spiro atoms. The molecule has 0 atom stereocenters. The molecule has 6 rings (SSSR count). The van der Waals surface area contributed by atoms with Gasteiger partial charge < -0.3 is 0 Å².